The number of carboxylic acids is 1. The summed E-state index contributed by atoms with van der Waals surface area (Å²) >= 11 is 6.35. The van der Waals surface area contributed by atoms with E-state index in [1.807, 2.05) is 17.2 Å². The standard InChI is InChI=1S/C32H30ClN9O4/c33-25-6-8-28(41-19-35-37-38-41)26(15-25)22-5-7-29(42(46)18-22)30(14-23-13-27(23)31(43)39-11-9-34-10-12-39)40-17-24(16-36-40)20-1-3-21(4-2-20)32(44)45/h1-8,15-19,23,27,30,34H,9-14H2,(H,44,45)/t23-,27+,30?/m0/s1. The molecule has 1 saturated carbocycles. The first-order valence-corrected chi connectivity index (χ1v) is 15.4. The van der Waals surface area contributed by atoms with Crippen LogP contribution in [0.1, 0.15) is 34.9 Å². The molecule has 0 spiro atoms. The van der Waals surface area contributed by atoms with Gasteiger partial charge in [0.1, 0.15) is 12.4 Å². The van der Waals surface area contributed by atoms with Gasteiger partial charge in [0.2, 0.25) is 11.6 Å². The van der Waals surface area contributed by atoms with E-state index in [1.165, 1.54) is 17.2 Å². The molecule has 1 aliphatic heterocycles. The molecule has 46 heavy (non-hydrogen) atoms. The van der Waals surface area contributed by atoms with Gasteiger partial charge in [0.25, 0.3) is 0 Å². The fourth-order valence-electron chi connectivity index (χ4n) is 6.16. The zero-order valence-corrected chi connectivity index (χ0v) is 25.4. The monoisotopic (exact) mass is 639 g/mol. The smallest absolute Gasteiger partial charge is 0.335 e. The van der Waals surface area contributed by atoms with Crippen molar-refractivity contribution in [1.82, 2.24) is 40.2 Å². The van der Waals surface area contributed by atoms with Gasteiger partial charge in [0.15, 0.2) is 6.20 Å². The number of hydrogen-bond acceptors (Lipinski definition) is 8. The zero-order chi connectivity index (χ0) is 31.8. The number of piperazine rings is 1. The lowest BCUT2D eigenvalue weighted by atomic mass is 10.0. The van der Waals surface area contributed by atoms with Gasteiger partial charge in [-0.3, -0.25) is 9.48 Å². The molecule has 2 aromatic carbocycles. The average Bonchev–Trinajstić information content (AvgIpc) is 3.40. The highest BCUT2D eigenvalue weighted by Crippen LogP contribution is 2.46. The van der Waals surface area contributed by atoms with Gasteiger partial charge in [-0.2, -0.15) is 14.5 Å². The summed E-state index contributed by atoms with van der Waals surface area (Å²) in [5.41, 5.74) is 4.23. The minimum atomic E-state index is -0.997. The van der Waals surface area contributed by atoms with Crippen molar-refractivity contribution in [3.05, 3.63) is 101 Å². The Labute approximate surface area is 268 Å². The molecule has 2 N–H and O–H groups in total. The van der Waals surface area contributed by atoms with Crippen molar-refractivity contribution in [2.24, 2.45) is 11.8 Å². The Kier molecular flexibility index (Phi) is 7.93. The van der Waals surface area contributed by atoms with E-state index >= 15 is 0 Å². The number of amides is 1. The molecule has 1 unspecified atom stereocenters. The van der Waals surface area contributed by atoms with Crippen molar-refractivity contribution in [2.45, 2.75) is 18.9 Å². The van der Waals surface area contributed by atoms with Crippen LogP contribution in [0.4, 0.5) is 0 Å². The first-order chi connectivity index (χ1) is 22.4. The van der Waals surface area contributed by atoms with Gasteiger partial charge in [0.05, 0.1) is 17.4 Å². The van der Waals surface area contributed by atoms with Gasteiger partial charge < -0.3 is 20.5 Å². The highest BCUT2D eigenvalue weighted by Gasteiger charge is 2.47. The van der Waals surface area contributed by atoms with Crippen molar-refractivity contribution in [2.75, 3.05) is 26.2 Å². The van der Waals surface area contributed by atoms with Gasteiger partial charge in [0, 0.05) is 66.1 Å². The van der Waals surface area contributed by atoms with Crippen molar-refractivity contribution >= 4 is 23.5 Å². The number of rotatable bonds is 9. The predicted octanol–water partition coefficient (Wildman–Crippen LogP) is 3.23. The number of carboxylic acid groups (broad SMARTS) is 1. The Morgan fingerprint density at radius 1 is 1.07 bits per heavy atom. The van der Waals surface area contributed by atoms with E-state index in [4.69, 9.17) is 11.6 Å². The van der Waals surface area contributed by atoms with Gasteiger partial charge in [-0.05, 0) is 71.1 Å². The van der Waals surface area contributed by atoms with Crippen LogP contribution in [0.15, 0.2) is 79.5 Å². The molecule has 234 valence electrons. The molecule has 0 bridgehead atoms. The molecule has 13 nitrogen and oxygen atoms in total. The highest BCUT2D eigenvalue weighted by molar-refractivity contribution is 6.31. The summed E-state index contributed by atoms with van der Waals surface area (Å²) in [5.74, 6) is -0.799. The Balaban J connectivity index is 1.21. The minimum absolute atomic E-state index is 0.0797. The second kappa shape index (κ2) is 12.3. The van der Waals surface area contributed by atoms with Crippen LogP contribution in [-0.2, 0) is 4.79 Å². The molecule has 1 amide bonds. The lowest BCUT2D eigenvalue weighted by molar-refractivity contribution is -0.615. The Morgan fingerprint density at radius 3 is 2.57 bits per heavy atom. The van der Waals surface area contributed by atoms with Gasteiger partial charge in [-0.15, -0.1) is 5.10 Å². The number of aromatic nitrogens is 7. The number of tetrazole rings is 1. The van der Waals surface area contributed by atoms with Crippen molar-refractivity contribution in [3.63, 3.8) is 0 Å². The van der Waals surface area contributed by atoms with Gasteiger partial charge >= 0.3 is 5.97 Å². The maximum atomic E-state index is 13.8. The van der Waals surface area contributed by atoms with Gasteiger partial charge in [-0.1, -0.05) is 23.7 Å². The highest BCUT2D eigenvalue weighted by atomic mass is 35.5. The molecular weight excluding hydrogens is 610 g/mol. The molecule has 4 heterocycles. The number of benzene rings is 2. The van der Waals surface area contributed by atoms with Crippen LogP contribution in [0.2, 0.25) is 5.02 Å². The fourth-order valence-corrected chi connectivity index (χ4v) is 6.34. The molecule has 14 heteroatoms. The molecular formula is C32H30ClN9O4. The third-order valence-corrected chi connectivity index (χ3v) is 8.97. The van der Waals surface area contributed by atoms with E-state index in [0.717, 1.165) is 35.4 Å². The van der Waals surface area contributed by atoms with Crippen LogP contribution >= 0.6 is 11.6 Å². The number of nitrogens with zero attached hydrogens (tertiary/aromatic N) is 8. The zero-order valence-electron chi connectivity index (χ0n) is 24.6. The SMILES string of the molecule is O=C(O)c1ccc(-c2cnn(C(C[C@@H]3C[C@H]3C(=O)N3CCNCC3)c3ccc(-c4cc(Cl)ccc4-n4cnnn4)c[n+]3[O-])c2)cc1. The van der Waals surface area contributed by atoms with E-state index in [1.54, 1.807) is 59.4 Å². The maximum Gasteiger partial charge on any atom is 0.335 e. The first kappa shape index (κ1) is 29.6. The Bertz CT molecular complexity index is 1890. The van der Waals surface area contributed by atoms with Crippen LogP contribution in [0, 0.1) is 17.0 Å². The van der Waals surface area contributed by atoms with E-state index in [-0.39, 0.29) is 23.3 Å². The third-order valence-electron chi connectivity index (χ3n) is 8.73. The van der Waals surface area contributed by atoms with Crippen molar-refractivity contribution in [1.29, 1.82) is 0 Å². The third kappa shape index (κ3) is 5.94. The predicted molar refractivity (Wildman–Crippen MR) is 167 cm³/mol. The first-order valence-electron chi connectivity index (χ1n) is 15.0. The molecule has 3 aromatic heterocycles. The Morgan fingerprint density at radius 2 is 1.85 bits per heavy atom. The van der Waals surface area contributed by atoms with Gasteiger partial charge in [-0.25, -0.2) is 4.79 Å². The molecule has 1 saturated heterocycles. The summed E-state index contributed by atoms with van der Waals surface area (Å²) in [6.07, 6.45) is 7.85. The molecule has 2 aliphatic rings. The molecule has 1 aliphatic carbocycles. The minimum Gasteiger partial charge on any atom is -0.618 e. The van der Waals surface area contributed by atoms with Crippen LogP contribution in [0.25, 0.3) is 27.9 Å². The number of carbonyl (C=O) groups excluding carboxylic acids is 1. The summed E-state index contributed by atoms with van der Waals surface area (Å²) in [4.78, 5) is 26.5. The molecule has 5 aromatic rings. The van der Waals surface area contributed by atoms with Crippen LogP contribution in [-0.4, -0.2) is 78.0 Å². The number of carbonyl (C=O) groups is 2. The normalized spacial score (nSPS) is 18.3. The molecule has 7 rings (SSSR count). The molecule has 3 atom stereocenters. The number of aromatic carboxylic acids is 1. The number of hydrogen-bond donors (Lipinski definition) is 2. The summed E-state index contributed by atoms with van der Waals surface area (Å²) in [6, 6.07) is 15.0. The van der Waals surface area contributed by atoms with E-state index < -0.39 is 12.0 Å². The Hall–Kier alpha value is -5.14. The van der Waals surface area contributed by atoms with Crippen LogP contribution in [0.3, 0.4) is 0 Å². The second-order valence-electron chi connectivity index (χ2n) is 11.6. The summed E-state index contributed by atoms with van der Waals surface area (Å²) < 4.78 is 4.12. The quantitative estimate of drug-likeness (QED) is 0.182. The lowest BCUT2D eigenvalue weighted by Gasteiger charge is -2.27. The summed E-state index contributed by atoms with van der Waals surface area (Å²) in [5, 5.41) is 43.0. The number of nitrogens with one attached hydrogen (secondary N) is 1. The summed E-state index contributed by atoms with van der Waals surface area (Å²) in [7, 11) is 0. The topological polar surface area (TPSA) is 158 Å². The van der Waals surface area contributed by atoms with E-state index in [0.29, 0.717) is 47.0 Å². The van der Waals surface area contributed by atoms with Crippen LogP contribution in [0.5, 0.6) is 0 Å². The molecule has 2 fully saturated rings. The molecule has 0 radical (unpaired) electrons. The lowest BCUT2D eigenvalue weighted by Crippen LogP contribution is -2.47. The van der Waals surface area contributed by atoms with Crippen molar-refractivity contribution in [3.8, 4) is 27.9 Å². The largest absolute Gasteiger partial charge is 0.618 e. The summed E-state index contributed by atoms with van der Waals surface area (Å²) in [6.45, 7) is 2.98. The van der Waals surface area contributed by atoms with E-state index in [9.17, 15) is 19.9 Å². The number of halogens is 1. The fraction of sp³-hybridized carbons (Fsp3) is 0.281. The van der Waals surface area contributed by atoms with Crippen LogP contribution < -0.4 is 10.0 Å². The second-order valence-corrected chi connectivity index (χ2v) is 12.0. The average molecular weight is 640 g/mol. The number of pyridine rings is 1. The maximum absolute atomic E-state index is 13.8. The van der Waals surface area contributed by atoms with Crippen molar-refractivity contribution < 1.29 is 19.4 Å². The van der Waals surface area contributed by atoms with E-state index in [2.05, 4.69) is 25.9 Å².